The molecular formula is C23H26N4O7S. The first-order valence-corrected chi connectivity index (χ1v) is 12.5. The molecule has 1 saturated heterocycles. The smallest absolute Gasteiger partial charge is 0.257 e. The number of nitrogens with zero attached hydrogens (tertiary/aromatic N) is 3. The van der Waals surface area contributed by atoms with Gasteiger partial charge in [0.05, 0.1) is 43.9 Å². The molecular weight excluding hydrogens is 476 g/mol. The summed E-state index contributed by atoms with van der Waals surface area (Å²) >= 11 is 0. The maximum atomic E-state index is 13.0. The molecule has 1 aliphatic rings. The van der Waals surface area contributed by atoms with Gasteiger partial charge in [0.2, 0.25) is 21.7 Å². The molecule has 0 aliphatic carbocycles. The van der Waals surface area contributed by atoms with Crippen molar-refractivity contribution in [3.8, 4) is 22.9 Å². The molecule has 0 bridgehead atoms. The first-order chi connectivity index (χ1) is 16.9. The van der Waals surface area contributed by atoms with Crippen molar-refractivity contribution in [3.63, 3.8) is 0 Å². The molecule has 11 nitrogen and oxygen atoms in total. The van der Waals surface area contributed by atoms with Crippen LogP contribution in [0.1, 0.15) is 23.2 Å². The van der Waals surface area contributed by atoms with E-state index in [1.807, 2.05) is 6.92 Å². The van der Waals surface area contributed by atoms with E-state index in [2.05, 4.69) is 14.9 Å². The number of nitrogens with one attached hydrogen (secondary N) is 1. The second kappa shape index (κ2) is 10.8. The van der Waals surface area contributed by atoms with Gasteiger partial charge in [0.1, 0.15) is 11.5 Å². The van der Waals surface area contributed by atoms with Crippen molar-refractivity contribution in [2.45, 2.75) is 18.4 Å². The molecule has 1 N–H and O–H groups in total. The molecule has 1 amide bonds. The van der Waals surface area contributed by atoms with E-state index >= 15 is 0 Å². The van der Waals surface area contributed by atoms with Gasteiger partial charge in [-0.2, -0.15) is 4.98 Å². The van der Waals surface area contributed by atoms with Crippen molar-refractivity contribution in [2.24, 2.45) is 0 Å². The first-order valence-electron chi connectivity index (χ1n) is 11.0. The predicted molar refractivity (Wildman–Crippen MR) is 125 cm³/mol. The topological polar surface area (TPSA) is 133 Å². The quantitative estimate of drug-likeness (QED) is 0.467. The van der Waals surface area contributed by atoms with Crippen molar-refractivity contribution in [2.75, 3.05) is 40.0 Å². The molecule has 2 aromatic carbocycles. The van der Waals surface area contributed by atoms with E-state index in [0.717, 1.165) is 5.75 Å². The molecule has 12 heteroatoms. The Morgan fingerprint density at radius 3 is 2.57 bits per heavy atom. The third-order valence-electron chi connectivity index (χ3n) is 5.31. The number of amides is 1. The zero-order valence-electron chi connectivity index (χ0n) is 19.4. The van der Waals surface area contributed by atoms with Gasteiger partial charge >= 0.3 is 0 Å². The van der Waals surface area contributed by atoms with Crippen LogP contribution in [0.4, 0.5) is 0 Å². The van der Waals surface area contributed by atoms with Gasteiger partial charge < -0.3 is 23.6 Å². The molecule has 1 aliphatic heterocycles. The fraction of sp³-hybridized carbons (Fsp3) is 0.348. The van der Waals surface area contributed by atoms with Crippen LogP contribution in [0.2, 0.25) is 0 Å². The minimum Gasteiger partial charge on any atom is -0.496 e. The number of methoxy groups -OCH3 is 1. The first kappa shape index (κ1) is 24.6. The third kappa shape index (κ3) is 5.78. The molecule has 1 fully saturated rings. The molecule has 1 aromatic heterocycles. The molecule has 0 unspecified atom stereocenters. The molecule has 35 heavy (non-hydrogen) atoms. The summed E-state index contributed by atoms with van der Waals surface area (Å²) in [4.78, 5) is 18.7. The molecule has 0 radical (unpaired) electrons. The summed E-state index contributed by atoms with van der Waals surface area (Å²) in [7, 11) is -2.56. The highest BCUT2D eigenvalue weighted by Crippen LogP contribution is 2.25. The van der Waals surface area contributed by atoms with E-state index in [0.29, 0.717) is 44.3 Å². The van der Waals surface area contributed by atoms with Gasteiger partial charge in [-0.05, 0) is 49.4 Å². The normalized spacial score (nSPS) is 14.1. The van der Waals surface area contributed by atoms with Gasteiger partial charge in [-0.3, -0.25) is 4.79 Å². The lowest BCUT2D eigenvalue weighted by atomic mass is 10.1. The maximum absolute atomic E-state index is 13.0. The number of aromatic nitrogens is 2. The van der Waals surface area contributed by atoms with Crippen LogP contribution in [0.3, 0.4) is 0 Å². The Bertz CT molecular complexity index is 1270. The molecule has 2 heterocycles. The fourth-order valence-electron chi connectivity index (χ4n) is 3.51. The molecule has 4 rings (SSSR count). The van der Waals surface area contributed by atoms with Gasteiger partial charge in [0.15, 0.2) is 0 Å². The third-order valence-corrected chi connectivity index (χ3v) is 6.71. The Kier molecular flexibility index (Phi) is 7.63. The van der Waals surface area contributed by atoms with E-state index in [4.69, 9.17) is 18.7 Å². The Labute approximate surface area is 203 Å². The van der Waals surface area contributed by atoms with Crippen LogP contribution in [0.25, 0.3) is 11.4 Å². The van der Waals surface area contributed by atoms with Crippen LogP contribution in [0.5, 0.6) is 11.5 Å². The Morgan fingerprint density at radius 2 is 1.89 bits per heavy atom. The number of hydrogen-bond donors (Lipinski definition) is 1. The number of sulfonamides is 1. The van der Waals surface area contributed by atoms with Crippen molar-refractivity contribution in [1.29, 1.82) is 0 Å². The zero-order valence-corrected chi connectivity index (χ0v) is 20.2. The summed E-state index contributed by atoms with van der Waals surface area (Å²) in [5.74, 6) is 1.11. The fourth-order valence-corrected chi connectivity index (χ4v) is 4.51. The minimum atomic E-state index is -3.98. The standard InChI is InChI=1S/C23H26N4O7S/c1-3-33-17-6-4-16(5-7-17)22-25-21(34-26-22)15-24-35(29,30)18-8-9-20(31-2)19(14-18)23(28)27-10-12-32-13-11-27/h4-9,14,24H,3,10-13,15H2,1-2H3. The number of morpholine rings is 1. The zero-order chi connectivity index (χ0) is 24.8. The number of carbonyl (C=O) groups is 1. The van der Waals surface area contributed by atoms with Crippen LogP contribution < -0.4 is 14.2 Å². The average molecular weight is 503 g/mol. The summed E-state index contributed by atoms with van der Waals surface area (Å²) in [5.41, 5.74) is 0.862. The highest BCUT2D eigenvalue weighted by molar-refractivity contribution is 7.89. The van der Waals surface area contributed by atoms with Crippen LogP contribution in [-0.4, -0.2) is 69.4 Å². The molecule has 0 atom stereocenters. The van der Waals surface area contributed by atoms with Crippen LogP contribution in [0, 0.1) is 0 Å². The van der Waals surface area contributed by atoms with Crippen LogP contribution in [0.15, 0.2) is 51.9 Å². The summed E-state index contributed by atoms with van der Waals surface area (Å²) in [6, 6.07) is 11.3. The Balaban J connectivity index is 1.47. The van der Waals surface area contributed by atoms with Gasteiger partial charge in [-0.15, -0.1) is 0 Å². The van der Waals surface area contributed by atoms with Gasteiger partial charge in [0, 0.05) is 18.7 Å². The lowest BCUT2D eigenvalue weighted by Gasteiger charge is -2.27. The Hall–Kier alpha value is -3.48. The molecule has 3 aromatic rings. The number of hydrogen-bond acceptors (Lipinski definition) is 9. The van der Waals surface area contributed by atoms with Crippen molar-refractivity contribution >= 4 is 15.9 Å². The minimum absolute atomic E-state index is 0.0823. The summed E-state index contributed by atoms with van der Waals surface area (Å²) < 4.78 is 49.5. The number of ether oxygens (including phenoxy) is 3. The van der Waals surface area contributed by atoms with E-state index < -0.39 is 10.0 Å². The second-order valence-electron chi connectivity index (χ2n) is 7.56. The van der Waals surface area contributed by atoms with Crippen LogP contribution >= 0.6 is 0 Å². The van der Waals surface area contributed by atoms with Crippen molar-refractivity contribution in [1.82, 2.24) is 19.8 Å². The van der Waals surface area contributed by atoms with Crippen molar-refractivity contribution in [3.05, 3.63) is 53.9 Å². The second-order valence-corrected chi connectivity index (χ2v) is 9.33. The van der Waals surface area contributed by atoms with Gasteiger partial charge in [-0.25, -0.2) is 13.1 Å². The molecule has 186 valence electrons. The summed E-state index contributed by atoms with van der Waals surface area (Å²) in [6.07, 6.45) is 0. The molecule has 0 saturated carbocycles. The maximum Gasteiger partial charge on any atom is 0.257 e. The number of benzene rings is 2. The lowest BCUT2D eigenvalue weighted by Crippen LogP contribution is -2.40. The van der Waals surface area contributed by atoms with E-state index in [1.54, 1.807) is 29.2 Å². The number of carbonyl (C=O) groups excluding carboxylic acids is 1. The monoisotopic (exact) mass is 502 g/mol. The average Bonchev–Trinajstić information content (AvgIpc) is 3.37. The van der Waals surface area contributed by atoms with Gasteiger partial charge in [-0.1, -0.05) is 5.16 Å². The van der Waals surface area contributed by atoms with E-state index in [9.17, 15) is 13.2 Å². The lowest BCUT2D eigenvalue weighted by molar-refractivity contribution is 0.0300. The largest absolute Gasteiger partial charge is 0.496 e. The van der Waals surface area contributed by atoms with E-state index in [1.165, 1.54) is 25.3 Å². The van der Waals surface area contributed by atoms with Crippen LogP contribution in [-0.2, 0) is 21.3 Å². The SMILES string of the molecule is CCOc1ccc(-c2noc(CNS(=O)(=O)c3ccc(OC)c(C(=O)N4CCOCC4)c3)n2)cc1. The van der Waals surface area contributed by atoms with Crippen molar-refractivity contribution < 1.29 is 31.9 Å². The molecule has 0 spiro atoms. The Morgan fingerprint density at radius 1 is 1.14 bits per heavy atom. The van der Waals surface area contributed by atoms with Gasteiger partial charge in [0.25, 0.3) is 5.91 Å². The summed E-state index contributed by atoms with van der Waals surface area (Å²) in [6.45, 7) is 3.94. The highest BCUT2D eigenvalue weighted by atomic mass is 32.2. The summed E-state index contributed by atoms with van der Waals surface area (Å²) in [5, 5.41) is 3.91. The van der Waals surface area contributed by atoms with E-state index in [-0.39, 0.29) is 34.6 Å². The highest BCUT2D eigenvalue weighted by Gasteiger charge is 2.25. The predicted octanol–water partition coefficient (Wildman–Crippen LogP) is 2.09. The number of rotatable bonds is 9.